The van der Waals surface area contributed by atoms with E-state index in [-0.39, 0.29) is 0 Å². The molecular weight excluding hydrogens is 593 g/mol. The van der Waals surface area contributed by atoms with Crippen LogP contribution in [0.5, 0.6) is 11.5 Å². The topological polar surface area (TPSA) is 45.3 Å². The van der Waals surface area contributed by atoms with Crippen molar-refractivity contribution in [2.24, 2.45) is 0 Å². The summed E-state index contributed by atoms with van der Waals surface area (Å²) >= 11 is 12.5. The molecule has 0 spiro atoms. The van der Waals surface area contributed by atoms with Crippen molar-refractivity contribution < 1.29 is 14.3 Å². The van der Waals surface area contributed by atoms with Crippen molar-refractivity contribution in [2.45, 2.75) is 32.2 Å². The van der Waals surface area contributed by atoms with Crippen molar-refractivity contribution in [2.75, 3.05) is 52.9 Å². The summed E-state index contributed by atoms with van der Waals surface area (Å²) < 4.78 is 11.9. The van der Waals surface area contributed by atoms with Crippen LogP contribution < -0.4 is 9.47 Å². The summed E-state index contributed by atoms with van der Waals surface area (Å²) in [6, 6.07) is 20.4. The van der Waals surface area contributed by atoms with Crippen LogP contribution in [0.4, 0.5) is 4.79 Å². The molecule has 5 rings (SSSR count). The molecule has 1 fully saturated rings. The molecule has 0 radical (unpaired) electrons. The van der Waals surface area contributed by atoms with Gasteiger partial charge in [0.05, 0.1) is 12.6 Å². The molecule has 1 unspecified atom stereocenters. The fourth-order valence-electron chi connectivity index (χ4n) is 5.95. The number of ether oxygens (including phenoxy) is 2. The first-order valence-electron chi connectivity index (χ1n) is 15.3. The summed E-state index contributed by atoms with van der Waals surface area (Å²) in [5.74, 6) is 1.25. The normalized spacial score (nSPS) is 17.9. The van der Waals surface area contributed by atoms with Crippen molar-refractivity contribution >= 4 is 34.9 Å². The first-order chi connectivity index (χ1) is 21.3. The number of hydrogen-bond donors (Lipinski definition) is 0. The third-order valence-corrected chi connectivity index (χ3v) is 8.97. The SMILES string of the molecule is C=CC1=C(c2cc(Cl)ccc2C)CCN(C(=O)Oc2ccc(Cl)cc2)C1c1ccc(OCCCCN2CCN(C)CC2)cc1. The second-order valence-electron chi connectivity index (χ2n) is 11.5. The van der Waals surface area contributed by atoms with Crippen LogP contribution in [0.1, 0.15) is 42.0 Å². The van der Waals surface area contributed by atoms with Crippen molar-refractivity contribution in [3.05, 3.63) is 112 Å². The maximum Gasteiger partial charge on any atom is 0.416 e. The van der Waals surface area contributed by atoms with Crippen LogP contribution in [-0.4, -0.2) is 73.7 Å². The second kappa shape index (κ2) is 15.1. The third kappa shape index (κ3) is 8.05. The smallest absolute Gasteiger partial charge is 0.416 e. The van der Waals surface area contributed by atoms with E-state index in [4.69, 9.17) is 32.7 Å². The van der Waals surface area contributed by atoms with E-state index in [2.05, 4.69) is 30.4 Å². The van der Waals surface area contributed by atoms with Crippen LogP contribution in [0.3, 0.4) is 0 Å². The average Bonchev–Trinajstić information content (AvgIpc) is 3.03. The maximum atomic E-state index is 13.6. The van der Waals surface area contributed by atoms with Gasteiger partial charge in [-0.05, 0) is 116 Å². The number of aryl methyl sites for hydroxylation is 1. The summed E-state index contributed by atoms with van der Waals surface area (Å²) in [5, 5.41) is 1.25. The highest BCUT2D eigenvalue weighted by molar-refractivity contribution is 6.31. The molecule has 2 aliphatic rings. The van der Waals surface area contributed by atoms with Gasteiger partial charge >= 0.3 is 6.09 Å². The van der Waals surface area contributed by atoms with Gasteiger partial charge in [0.15, 0.2) is 0 Å². The molecular formula is C36H41Cl2N3O3. The summed E-state index contributed by atoms with van der Waals surface area (Å²) in [4.78, 5) is 20.3. The molecule has 0 aliphatic carbocycles. The maximum absolute atomic E-state index is 13.6. The molecule has 2 aliphatic heterocycles. The third-order valence-electron chi connectivity index (χ3n) is 8.48. The van der Waals surface area contributed by atoms with Gasteiger partial charge in [0.25, 0.3) is 0 Å². The highest BCUT2D eigenvalue weighted by atomic mass is 35.5. The molecule has 232 valence electrons. The molecule has 1 saturated heterocycles. The predicted octanol–water partition coefficient (Wildman–Crippen LogP) is 8.29. The number of likely N-dealkylation sites (N-methyl/N-ethyl adjacent to an activating group) is 1. The number of unbranched alkanes of at least 4 members (excludes halogenated alkanes) is 1. The van der Waals surface area contributed by atoms with Crippen LogP contribution in [0.25, 0.3) is 5.57 Å². The lowest BCUT2D eigenvalue weighted by Gasteiger charge is -2.38. The minimum atomic E-state index is -0.431. The standard InChI is InChI=1S/C36H41Cl2N3O3/c1-4-32-33(34-25-29(38)10-7-26(34)2)17-19-41(36(42)44-31-15-11-28(37)12-16-31)35(32)27-8-13-30(14-9-27)43-24-6-5-18-40-22-20-39(3)21-23-40/h4,7-16,25,35H,1,5-6,17-24H2,2-3H3. The quantitative estimate of drug-likeness (QED) is 0.210. The molecule has 8 heteroatoms. The summed E-state index contributed by atoms with van der Waals surface area (Å²) in [6.07, 6.45) is 4.19. The second-order valence-corrected chi connectivity index (χ2v) is 12.4. The van der Waals surface area contributed by atoms with Gasteiger partial charge in [0.1, 0.15) is 11.5 Å². The van der Waals surface area contributed by atoms with Crippen molar-refractivity contribution in [3.63, 3.8) is 0 Å². The van der Waals surface area contributed by atoms with Crippen LogP contribution >= 0.6 is 23.2 Å². The molecule has 0 N–H and O–H groups in total. The van der Waals surface area contributed by atoms with Gasteiger partial charge < -0.3 is 19.3 Å². The fourth-order valence-corrected chi connectivity index (χ4v) is 6.24. The largest absolute Gasteiger partial charge is 0.494 e. The first-order valence-corrected chi connectivity index (χ1v) is 16.1. The van der Waals surface area contributed by atoms with Crippen molar-refractivity contribution in [1.82, 2.24) is 14.7 Å². The van der Waals surface area contributed by atoms with E-state index >= 15 is 0 Å². The molecule has 44 heavy (non-hydrogen) atoms. The van der Waals surface area contributed by atoms with Gasteiger partial charge in [-0.2, -0.15) is 0 Å². The summed E-state index contributed by atoms with van der Waals surface area (Å²) in [7, 11) is 2.18. The van der Waals surface area contributed by atoms with E-state index in [1.807, 2.05) is 48.5 Å². The van der Waals surface area contributed by atoms with E-state index in [1.165, 1.54) is 0 Å². The van der Waals surface area contributed by atoms with E-state index < -0.39 is 12.1 Å². The van der Waals surface area contributed by atoms with Crippen LogP contribution in [0.15, 0.2) is 85.0 Å². The summed E-state index contributed by atoms with van der Waals surface area (Å²) in [6.45, 7) is 13.1. The number of benzene rings is 3. The number of nitrogens with zero attached hydrogens (tertiary/aromatic N) is 3. The van der Waals surface area contributed by atoms with Gasteiger partial charge in [-0.25, -0.2) is 4.79 Å². The number of carbonyl (C=O) groups excluding carboxylic acids is 1. The molecule has 1 amide bonds. The summed E-state index contributed by atoms with van der Waals surface area (Å²) in [5.41, 5.74) is 5.22. The van der Waals surface area contributed by atoms with Gasteiger partial charge in [-0.3, -0.25) is 4.90 Å². The minimum Gasteiger partial charge on any atom is -0.494 e. The van der Waals surface area contributed by atoms with Crippen LogP contribution in [0, 0.1) is 6.92 Å². The highest BCUT2D eigenvalue weighted by Gasteiger charge is 2.35. The molecule has 3 aromatic carbocycles. The van der Waals surface area contributed by atoms with E-state index in [0.717, 1.165) is 79.2 Å². The van der Waals surface area contributed by atoms with E-state index in [0.29, 0.717) is 35.4 Å². The zero-order valence-electron chi connectivity index (χ0n) is 25.6. The lowest BCUT2D eigenvalue weighted by Crippen LogP contribution is -2.44. The Morgan fingerprint density at radius 1 is 0.909 bits per heavy atom. The zero-order chi connectivity index (χ0) is 31.1. The predicted molar refractivity (Wildman–Crippen MR) is 180 cm³/mol. The molecule has 0 saturated carbocycles. The monoisotopic (exact) mass is 633 g/mol. The molecule has 6 nitrogen and oxygen atoms in total. The lowest BCUT2D eigenvalue weighted by molar-refractivity contribution is 0.138. The Labute approximate surface area is 271 Å². The first kappa shape index (κ1) is 32.1. The Morgan fingerprint density at radius 3 is 2.30 bits per heavy atom. The number of halogens is 2. The van der Waals surface area contributed by atoms with E-state index in [9.17, 15) is 4.79 Å². The molecule has 0 bridgehead atoms. The van der Waals surface area contributed by atoms with Gasteiger partial charge in [0.2, 0.25) is 0 Å². The molecule has 1 atom stereocenters. The Morgan fingerprint density at radius 2 is 1.59 bits per heavy atom. The Hall–Kier alpha value is -3.29. The fraction of sp³-hybridized carbons (Fsp3) is 0.361. The van der Waals surface area contributed by atoms with Crippen molar-refractivity contribution in [1.29, 1.82) is 0 Å². The molecule has 3 aromatic rings. The highest BCUT2D eigenvalue weighted by Crippen LogP contribution is 2.42. The van der Waals surface area contributed by atoms with Gasteiger partial charge in [-0.15, -0.1) is 0 Å². The number of amides is 1. The van der Waals surface area contributed by atoms with Gasteiger partial charge in [-0.1, -0.05) is 54.1 Å². The van der Waals surface area contributed by atoms with Gasteiger partial charge in [0, 0.05) is 42.8 Å². The number of carbonyl (C=O) groups is 1. The number of piperazine rings is 1. The zero-order valence-corrected chi connectivity index (χ0v) is 27.1. The number of rotatable bonds is 10. The molecule has 2 heterocycles. The minimum absolute atomic E-state index is 0.396. The van der Waals surface area contributed by atoms with Crippen molar-refractivity contribution in [3.8, 4) is 11.5 Å². The number of hydrogen-bond acceptors (Lipinski definition) is 5. The average molecular weight is 635 g/mol. The van der Waals surface area contributed by atoms with E-state index in [1.54, 1.807) is 29.2 Å². The van der Waals surface area contributed by atoms with Crippen LogP contribution in [-0.2, 0) is 0 Å². The molecule has 0 aromatic heterocycles. The Balaban J connectivity index is 1.33. The Bertz CT molecular complexity index is 1460. The van der Waals surface area contributed by atoms with Crippen LogP contribution in [0.2, 0.25) is 10.0 Å². The Kier molecular flexibility index (Phi) is 11.0. The lowest BCUT2D eigenvalue weighted by atomic mass is 9.84.